The Bertz CT molecular complexity index is 924. The third-order valence-corrected chi connectivity index (χ3v) is 6.61. The summed E-state index contributed by atoms with van der Waals surface area (Å²) in [5.74, 6) is -1.73. The lowest BCUT2D eigenvalue weighted by Crippen LogP contribution is -2.52. The van der Waals surface area contributed by atoms with Crippen LogP contribution in [0.25, 0.3) is 0 Å². The van der Waals surface area contributed by atoms with Crippen molar-refractivity contribution >= 4 is 11.9 Å². The van der Waals surface area contributed by atoms with Crippen LogP contribution < -0.4 is 0 Å². The molecule has 8 heteroatoms. The largest absolute Gasteiger partial charge is 0.460 e. The minimum absolute atomic E-state index is 0.0100. The van der Waals surface area contributed by atoms with Crippen molar-refractivity contribution in [2.75, 3.05) is 7.11 Å². The molecule has 0 amide bonds. The van der Waals surface area contributed by atoms with Crippen molar-refractivity contribution in [3.63, 3.8) is 0 Å². The maximum absolute atomic E-state index is 14.0. The molecule has 1 aromatic carbocycles. The molecule has 2 aliphatic rings. The Morgan fingerprint density at radius 2 is 1.88 bits per heavy atom. The van der Waals surface area contributed by atoms with Crippen molar-refractivity contribution < 1.29 is 37.0 Å². The maximum atomic E-state index is 14.0. The van der Waals surface area contributed by atoms with Crippen LogP contribution in [0.15, 0.2) is 54.1 Å². The fraction of sp³-hybridized carbons (Fsp3) is 0.520. The summed E-state index contributed by atoms with van der Waals surface area (Å²) in [6, 6.07) is 6.76. The molecule has 0 aromatic heterocycles. The first-order valence-electron chi connectivity index (χ1n) is 11.0. The van der Waals surface area contributed by atoms with Gasteiger partial charge in [0.25, 0.3) is 5.60 Å². The Labute approximate surface area is 191 Å². The van der Waals surface area contributed by atoms with Gasteiger partial charge < -0.3 is 14.2 Å². The zero-order valence-electron chi connectivity index (χ0n) is 19.0. The standard InChI is InChI=1S/C25H29F3O5/c1-15(18-12-13-20-17(3)22(29)33-21(20)14-18)10-11-16(2)32-23(30)24(31-4,25(26,27)28)19-8-6-5-7-9-19/h5-9,12,15-16,20-21H,3,10-11,13-14H2,1-2,4H3/t15?,16-,20+,21+,24?/m0/s1. The highest BCUT2D eigenvalue weighted by Crippen LogP contribution is 2.43. The quantitative estimate of drug-likeness (QED) is 0.297. The molecule has 0 radical (unpaired) electrons. The monoisotopic (exact) mass is 466 g/mol. The summed E-state index contributed by atoms with van der Waals surface area (Å²) in [5.41, 5.74) is -1.89. The van der Waals surface area contributed by atoms with Gasteiger partial charge >= 0.3 is 18.1 Å². The van der Waals surface area contributed by atoms with Crippen LogP contribution in [0.2, 0.25) is 0 Å². The van der Waals surface area contributed by atoms with E-state index in [9.17, 15) is 22.8 Å². The normalized spacial score (nSPS) is 24.2. The summed E-state index contributed by atoms with van der Waals surface area (Å²) in [6.45, 7) is 7.38. The Kier molecular flexibility index (Phi) is 7.36. The van der Waals surface area contributed by atoms with Crippen LogP contribution in [-0.2, 0) is 29.4 Å². The molecule has 3 rings (SSSR count). The lowest BCUT2D eigenvalue weighted by molar-refractivity contribution is -0.278. The smallest absolute Gasteiger partial charge is 0.432 e. The fourth-order valence-corrected chi connectivity index (χ4v) is 4.53. The van der Waals surface area contributed by atoms with Crippen molar-refractivity contribution in [3.8, 4) is 0 Å². The number of hydrogen-bond donors (Lipinski definition) is 0. The molecule has 1 heterocycles. The van der Waals surface area contributed by atoms with Gasteiger partial charge in [0, 0.05) is 30.6 Å². The maximum Gasteiger partial charge on any atom is 0.432 e. The molecule has 0 bridgehead atoms. The summed E-state index contributed by atoms with van der Waals surface area (Å²) in [6.07, 6.45) is -1.60. The minimum atomic E-state index is -5.00. The SMILES string of the molecule is C=C1C(=O)O[C@@H]2CC(C(C)CC[C@H](C)OC(=O)C(OC)(c3ccccc3)C(F)(F)F)=CC[C@H]12. The summed E-state index contributed by atoms with van der Waals surface area (Å²) in [7, 11) is 0.849. The van der Waals surface area contributed by atoms with E-state index in [4.69, 9.17) is 14.2 Å². The lowest BCUT2D eigenvalue weighted by Gasteiger charge is -2.33. The van der Waals surface area contributed by atoms with Crippen LogP contribution in [0.4, 0.5) is 13.2 Å². The van der Waals surface area contributed by atoms with Gasteiger partial charge in [0.1, 0.15) is 6.10 Å². The second-order valence-electron chi connectivity index (χ2n) is 8.74. The third-order valence-electron chi connectivity index (χ3n) is 6.61. The number of benzene rings is 1. The Balaban J connectivity index is 1.62. The Morgan fingerprint density at radius 3 is 2.48 bits per heavy atom. The topological polar surface area (TPSA) is 61.8 Å². The van der Waals surface area contributed by atoms with Crippen molar-refractivity contribution in [2.24, 2.45) is 11.8 Å². The van der Waals surface area contributed by atoms with Crippen LogP contribution in [0.3, 0.4) is 0 Å². The molecule has 1 aliphatic carbocycles. The Hall–Kier alpha value is -2.61. The second kappa shape index (κ2) is 9.71. The zero-order valence-corrected chi connectivity index (χ0v) is 19.0. The molecule has 33 heavy (non-hydrogen) atoms. The van der Waals surface area contributed by atoms with Gasteiger partial charge in [-0.3, -0.25) is 0 Å². The van der Waals surface area contributed by atoms with Crippen molar-refractivity contribution in [1.29, 1.82) is 0 Å². The van der Waals surface area contributed by atoms with Crippen LogP contribution in [-0.4, -0.2) is 37.4 Å². The van der Waals surface area contributed by atoms with E-state index in [-0.39, 0.29) is 29.5 Å². The summed E-state index contributed by atoms with van der Waals surface area (Å²) in [5, 5.41) is 0. The van der Waals surface area contributed by atoms with E-state index in [1.807, 2.05) is 6.92 Å². The molecule has 0 saturated carbocycles. The molecule has 1 saturated heterocycles. The average molecular weight is 466 g/mol. The van der Waals surface area contributed by atoms with Crippen molar-refractivity contribution in [2.45, 2.75) is 63.5 Å². The number of allylic oxidation sites excluding steroid dienone is 1. The van der Waals surface area contributed by atoms with Crippen LogP contribution in [0.1, 0.15) is 45.1 Å². The van der Waals surface area contributed by atoms with Crippen LogP contribution in [0, 0.1) is 11.8 Å². The molecule has 180 valence electrons. The van der Waals surface area contributed by atoms with E-state index in [0.29, 0.717) is 31.3 Å². The highest BCUT2D eigenvalue weighted by atomic mass is 19.4. The van der Waals surface area contributed by atoms with Gasteiger partial charge in [-0.25, -0.2) is 9.59 Å². The second-order valence-corrected chi connectivity index (χ2v) is 8.74. The molecular formula is C25H29F3O5. The first kappa shape index (κ1) is 25.0. The molecule has 0 N–H and O–H groups in total. The van der Waals surface area contributed by atoms with Crippen LogP contribution >= 0.6 is 0 Å². The fourth-order valence-electron chi connectivity index (χ4n) is 4.53. The minimum Gasteiger partial charge on any atom is -0.460 e. The van der Waals surface area contributed by atoms with Gasteiger partial charge in [0.2, 0.25) is 0 Å². The predicted octanol–water partition coefficient (Wildman–Crippen LogP) is 5.26. The Morgan fingerprint density at radius 1 is 1.21 bits per heavy atom. The number of carbonyl (C=O) groups excluding carboxylic acids is 2. The number of esters is 2. The number of hydrogen-bond acceptors (Lipinski definition) is 5. The highest BCUT2D eigenvalue weighted by molar-refractivity contribution is 5.91. The van der Waals surface area contributed by atoms with E-state index in [1.165, 1.54) is 24.3 Å². The molecule has 2 unspecified atom stereocenters. The lowest BCUT2D eigenvalue weighted by atomic mass is 9.79. The molecular weight excluding hydrogens is 437 g/mol. The molecule has 1 aromatic rings. The van der Waals surface area contributed by atoms with E-state index in [2.05, 4.69) is 12.7 Å². The van der Waals surface area contributed by atoms with Crippen LogP contribution in [0.5, 0.6) is 0 Å². The predicted molar refractivity (Wildman–Crippen MR) is 115 cm³/mol. The number of fused-ring (bicyclic) bond motifs is 1. The van der Waals surface area contributed by atoms with Gasteiger partial charge in [0.15, 0.2) is 0 Å². The number of methoxy groups -OCH3 is 1. The van der Waals surface area contributed by atoms with Gasteiger partial charge in [0.05, 0.1) is 6.10 Å². The van der Waals surface area contributed by atoms with Crippen molar-refractivity contribution in [3.05, 3.63) is 59.7 Å². The van der Waals surface area contributed by atoms with Crippen molar-refractivity contribution in [1.82, 2.24) is 0 Å². The number of halogens is 3. The first-order chi connectivity index (χ1) is 15.5. The van der Waals surface area contributed by atoms with E-state index >= 15 is 0 Å². The van der Waals surface area contributed by atoms with Gasteiger partial charge in [-0.05, 0) is 32.1 Å². The zero-order chi connectivity index (χ0) is 24.4. The number of carbonyl (C=O) groups is 2. The molecule has 0 spiro atoms. The van der Waals surface area contributed by atoms with E-state index in [1.54, 1.807) is 13.0 Å². The first-order valence-corrected chi connectivity index (χ1v) is 11.0. The van der Waals surface area contributed by atoms with E-state index in [0.717, 1.165) is 12.7 Å². The summed E-state index contributed by atoms with van der Waals surface area (Å²) in [4.78, 5) is 24.5. The average Bonchev–Trinajstić information content (AvgIpc) is 3.05. The number of ether oxygens (including phenoxy) is 3. The highest BCUT2D eigenvalue weighted by Gasteiger charge is 2.64. The van der Waals surface area contributed by atoms with E-state index < -0.39 is 23.9 Å². The van der Waals surface area contributed by atoms with Gasteiger partial charge in [-0.1, -0.05) is 55.5 Å². The number of alkyl halides is 3. The van der Waals surface area contributed by atoms with Gasteiger partial charge in [-0.15, -0.1) is 0 Å². The molecule has 5 atom stereocenters. The number of rotatable bonds is 8. The summed E-state index contributed by atoms with van der Waals surface area (Å²) >= 11 is 0. The summed E-state index contributed by atoms with van der Waals surface area (Å²) < 4.78 is 57.4. The third kappa shape index (κ3) is 4.86. The molecule has 5 nitrogen and oxygen atoms in total. The molecule has 1 fully saturated rings. The van der Waals surface area contributed by atoms with Gasteiger partial charge in [-0.2, -0.15) is 13.2 Å². The molecule has 1 aliphatic heterocycles.